The fraction of sp³-hybridized carbons (Fsp3) is 0.469. The normalized spacial score (nSPS) is 15.7. The summed E-state index contributed by atoms with van der Waals surface area (Å²) in [6.45, 7) is 6.54. The van der Waals surface area contributed by atoms with E-state index in [1.807, 2.05) is 48.0 Å². The van der Waals surface area contributed by atoms with Crippen LogP contribution in [0.25, 0.3) is 11.3 Å². The second-order valence-corrected chi connectivity index (χ2v) is 11.4. The molecule has 1 aromatic heterocycles. The fourth-order valence-corrected chi connectivity index (χ4v) is 5.83. The number of rotatable bonds is 11. The van der Waals surface area contributed by atoms with E-state index < -0.39 is 11.9 Å². The molecule has 0 bridgehead atoms. The number of unbranched alkanes of at least 4 members (excludes halogenated alkanes) is 1. The van der Waals surface area contributed by atoms with Gasteiger partial charge < -0.3 is 19.1 Å². The van der Waals surface area contributed by atoms with Gasteiger partial charge in [0.2, 0.25) is 0 Å². The van der Waals surface area contributed by atoms with E-state index in [1.165, 1.54) is 11.0 Å². The molecule has 9 nitrogen and oxygen atoms in total. The minimum Gasteiger partial charge on any atom is -0.449 e. The van der Waals surface area contributed by atoms with Gasteiger partial charge in [-0.15, -0.1) is 0 Å². The van der Waals surface area contributed by atoms with E-state index in [0.717, 1.165) is 36.9 Å². The van der Waals surface area contributed by atoms with Gasteiger partial charge in [-0.2, -0.15) is 5.10 Å². The second kappa shape index (κ2) is 12.9. The van der Waals surface area contributed by atoms with Crippen LogP contribution >= 0.6 is 0 Å². The number of hydrogen-bond acceptors (Lipinski definition) is 6. The molecule has 42 heavy (non-hydrogen) atoms. The monoisotopic (exact) mass is 578 g/mol. The third kappa shape index (κ3) is 6.43. The summed E-state index contributed by atoms with van der Waals surface area (Å²) in [7, 11) is 1.54. The van der Waals surface area contributed by atoms with Gasteiger partial charge in [0, 0.05) is 36.9 Å². The average molecular weight is 579 g/mol. The highest BCUT2D eigenvalue weighted by atomic mass is 19.1. The number of ether oxygens (including phenoxy) is 3. The molecular weight excluding hydrogens is 539 g/mol. The highest BCUT2D eigenvalue weighted by Crippen LogP contribution is 2.54. The molecule has 1 aliphatic carbocycles. The van der Waals surface area contributed by atoms with Crippen LogP contribution in [0.4, 0.5) is 19.7 Å². The molecule has 3 aromatic rings. The Bertz CT molecular complexity index is 1380. The predicted molar refractivity (Wildman–Crippen MR) is 157 cm³/mol. The standard InChI is InChI=1S/C32H39FN4O5/c1-4-5-14-41-30(38)35-21-32(22-35)18-26(19-32)37-23(2)16-29(34-37)27-12-11-25(17-28(27)33)36(13-15-40-3)31(39)42-20-24-9-7-6-8-10-24/h6-12,16-17,26H,4-5,13-15,18-22H2,1-3H3. The number of anilines is 1. The summed E-state index contributed by atoms with van der Waals surface area (Å²) in [5, 5.41) is 4.76. The maximum Gasteiger partial charge on any atom is 0.414 e. The number of methoxy groups -OCH3 is 1. The summed E-state index contributed by atoms with van der Waals surface area (Å²) in [4.78, 5) is 28.3. The van der Waals surface area contributed by atoms with Crippen molar-refractivity contribution in [2.75, 3.05) is 44.9 Å². The second-order valence-electron chi connectivity index (χ2n) is 11.4. The van der Waals surface area contributed by atoms with E-state index in [9.17, 15) is 9.59 Å². The summed E-state index contributed by atoms with van der Waals surface area (Å²) in [6.07, 6.45) is 2.92. The Hall–Kier alpha value is -3.92. The number of benzene rings is 2. The van der Waals surface area contributed by atoms with Crippen LogP contribution in [0.5, 0.6) is 0 Å². The quantitative estimate of drug-likeness (QED) is 0.246. The zero-order valence-electron chi connectivity index (χ0n) is 24.6. The Balaban J connectivity index is 1.21. The smallest absolute Gasteiger partial charge is 0.414 e. The lowest BCUT2D eigenvalue weighted by atomic mass is 9.61. The summed E-state index contributed by atoms with van der Waals surface area (Å²) < 4.78 is 33.4. The first-order valence-corrected chi connectivity index (χ1v) is 14.6. The molecule has 0 N–H and O–H groups in total. The molecule has 2 heterocycles. The summed E-state index contributed by atoms with van der Waals surface area (Å²) >= 11 is 0. The molecule has 2 amide bonds. The van der Waals surface area contributed by atoms with Crippen molar-refractivity contribution in [3.8, 4) is 11.3 Å². The molecule has 2 aromatic carbocycles. The average Bonchev–Trinajstić information content (AvgIpc) is 3.32. The van der Waals surface area contributed by atoms with Gasteiger partial charge in [0.25, 0.3) is 0 Å². The molecule has 1 spiro atoms. The first kappa shape index (κ1) is 29.6. The maximum atomic E-state index is 15.5. The van der Waals surface area contributed by atoms with E-state index >= 15 is 4.39 Å². The van der Waals surface area contributed by atoms with Crippen LogP contribution in [0.2, 0.25) is 0 Å². The van der Waals surface area contributed by atoms with Gasteiger partial charge in [-0.05, 0) is 56.0 Å². The third-order valence-electron chi connectivity index (χ3n) is 8.12. The summed E-state index contributed by atoms with van der Waals surface area (Å²) in [5.41, 5.74) is 3.23. The first-order valence-electron chi connectivity index (χ1n) is 14.6. The molecule has 1 aliphatic heterocycles. The van der Waals surface area contributed by atoms with Crippen molar-refractivity contribution in [2.45, 2.75) is 52.2 Å². The number of hydrogen-bond donors (Lipinski definition) is 0. The molecular formula is C32H39FN4O5. The number of carbonyl (C=O) groups excluding carboxylic acids is 2. The van der Waals surface area contributed by atoms with Crippen LogP contribution in [0.1, 0.15) is 49.9 Å². The zero-order valence-corrected chi connectivity index (χ0v) is 24.6. The summed E-state index contributed by atoms with van der Waals surface area (Å²) in [5.74, 6) is -0.475. The lowest BCUT2D eigenvalue weighted by molar-refractivity contribution is -0.0825. The molecule has 224 valence electrons. The van der Waals surface area contributed by atoms with Crippen molar-refractivity contribution in [1.82, 2.24) is 14.7 Å². The summed E-state index contributed by atoms with van der Waals surface area (Å²) in [6, 6.07) is 16.2. The number of aryl methyl sites for hydroxylation is 1. The zero-order chi connectivity index (χ0) is 29.7. The number of halogens is 1. The largest absolute Gasteiger partial charge is 0.449 e. The van der Waals surface area contributed by atoms with Crippen LogP contribution in [0, 0.1) is 18.2 Å². The lowest BCUT2D eigenvalue weighted by Gasteiger charge is -2.58. The molecule has 1 saturated carbocycles. The van der Waals surface area contributed by atoms with Crippen LogP contribution in [0.15, 0.2) is 54.6 Å². The Morgan fingerprint density at radius 3 is 2.52 bits per heavy atom. The number of nitrogens with zero attached hydrogens (tertiary/aromatic N) is 4. The minimum absolute atomic E-state index is 0.115. The molecule has 0 atom stereocenters. The molecule has 2 fully saturated rings. The Morgan fingerprint density at radius 1 is 1.07 bits per heavy atom. The van der Waals surface area contributed by atoms with Crippen molar-refractivity contribution in [1.29, 1.82) is 0 Å². The SMILES string of the molecule is CCCCOC(=O)N1CC2(CC(n3nc(-c4ccc(N(CCOC)C(=O)OCc5ccccc5)cc4F)cc3C)C2)C1. The van der Waals surface area contributed by atoms with E-state index in [2.05, 4.69) is 6.92 Å². The van der Waals surface area contributed by atoms with Gasteiger partial charge in [0.15, 0.2) is 0 Å². The Morgan fingerprint density at radius 2 is 1.83 bits per heavy atom. The third-order valence-corrected chi connectivity index (χ3v) is 8.12. The topological polar surface area (TPSA) is 86.1 Å². The maximum absolute atomic E-state index is 15.5. The highest BCUT2D eigenvalue weighted by Gasteiger charge is 2.55. The molecule has 1 saturated heterocycles. The molecule has 5 rings (SSSR count). The molecule has 10 heteroatoms. The van der Waals surface area contributed by atoms with Gasteiger partial charge in [-0.25, -0.2) is 14.0 Å². The lowest BCUT2D eigenvalue weighted by Crippen LogP contribution is -2.64. The van der Waals surface area contributed by atoms with Crippen molar-refractivity contribution in [2.24, 2.45) is 5.41 Å². The minimum atomic E-state index is -0.578. The number of likely N-dealkylation sites (tertiary alicyclic amines) is 1. The van der Waals surface area contributed by atoms with Crippen LogP contribution in [-0.2, 0) is 20.8 Å². The van der Waals surface area contributed by atoms with Gasteiger partial charge in [-0.3, -0.25) is 9.58 Å². The van der Waals surface area contributed by atoms with Gasteiger partial charge in [0.05, 0.1) is 37.2 Å². The first-order chi connectivity index (χ1) is 20.3. The van der Waals surface area contributed by atoms with Gasteiger partial charge >= 0.3 is 12.2 Å². The van der Waals surface area contributed by atoms with Gasteiger partial charge in [-0.1, -0.05) is 43.7 Å². The highest BCUT2D eigenvalue weighted by molar-refractivity contribution is 5.88. The fourth-order valence-electron chi connectivity index (χ4n) is 5.83. The van der Waals surface area contributed by atoms with Gasteiger partial charge in [0.1, 0.15) is 12.4 Å². The van der Waals surface area contributed by atoms with Crippen molar-refractivity contribution in [3.05, 3.63) is 71.7 Å². The number of amides is 2. The number of carbonyl (C=O) groups is 2. The van der Waals surface area contributed by atoms with E-state index in [1.54, 1.807) is 24.1 Å². The van der Waals surface area contributed by atoms with Crippen LogP contribution < -0.4 is 4.90 Å². The Kier molecular flexibility index (Phi) is 9.11. The Labute approximate surface area is 246 Å². The predicted octanol–water partition coefficient (Wildman–Crippen LogP) is 6.36. The number of aromatic nitrogens is 2. The van der Waals surface area contributed by atoms with E-state index in [-0.39, 0.29) is 37.3 Å². The van der Waals surface area contributed by atoms with E-state index in [0.29, 0.717) is 36.6 Å². The van der Waals surface area contributed by atoms with Crippen molar-refractivity contribution >= 4 is 17.9 Å². The van der Waals surface area contributed by atoms with Crippen molar-refractivity contribution < 1.29 is 28.2 Å². The van der Waals surface area contributed by atoms with E-state index in [4.69, 9.17) is 19.3 Å². The van der Waals surface area contributed by atoms with Crippen LogP contribution in [-0.4, -0.2) is 66.8 Å². The van der Waals surface area contributed by atoms with Crippen molar-refractivity contribution in [3.63, 3.8) is 0 Å². The van der Waals surface area contributed by atoms with Crippen LogP contribution in [0.3, 0.4) is 0 Å². The molecule has 0 unspecified atom stereocenters. The molecule has 2 aliphatic rings. The molecule has 0 radical (unpaired) electrons.